The van der Waals surface area contributed by atoms with E-state index in [1.54, 1.807) is 5.57 Å². The van der Waals surface area contributed by atoms with Crippen LogP contribution in [0.15, 0.2) is 12.2 Å². The quantitative estimate of drug-likeness (QED) is 0.584. The maximum atomic E-state index is 4.27. The van der Waals surface area contributed by atoms with E-state index in [-0.39, 0.29) is 0 Å². The summed E-state index contributed by atoms with van der Waals surface area (Å²) in [5.41, 5.74) is 3.01. The molecule has 0 heteroatoms. The molecule has 3 rings (SSSR count). The minimum absolute atomic E-state index is 0.696. The smallest absolute Gasteiger partial charge is 0.0172 e. The van der Waals surface area contributed by atoms with E-state index in [4.69, 9.17) is 0 Å². The Bertz CT molecular complexity index is 312. The molecule has 5 unspecified atom stereocenters. The molecule has 0 amide bonds. The van der Waals surface area contributed by atoms with Gasteiger partial charge in [-0.05, 0) is 54.3 Å². The molecule has 3 aliphatic carbocycles. The number of rotatable bonds is 2. The van der Waals surface area contributed by atoms with E-state index in [0.29, 0.717) is 5.41 Å². The van der Waals surface area contributed by atoms with Gasteiger partial charge in [0.05, 0.1) is 0 Å². The molecule has 84 valence electrons. The Balaban J connectivity index is 1.89. The minimum atomic E-state index is 0.696. The first-order valence-electron chi connectivity index (χ1n) is 6.73. The zero-order valence-corrected chi connectivity index (χ0v) is 10.5. The van der Waals surface area contributed by atoms with Crippen LogP contribution in [0.3, 0.4) is 0 Å². The van der Waals surface area contributed by atoms with E-state index in [9.17, 15) is 0 Å². The molecule has 3 saturated carbocycles. The predicted octanol–water partition coefficient (Wildman–Crippen LogP) is 4.42. The number of hydrogen-bond donors (Lipinski definition) is 0. The predicted molar refractivity (Wildman–Crippen MR) is 64.6 cm³/mol. The van der Waals surface area contributed by atoms with E-state index in [1.165, 1.54) is 32.1 Å². The molecule has 0 aromatic carbocycles. The standard InChI is InChI=1S/C15H24/c1-5-6-14(4)9-15(14)11(3)13-8-12(15)7-10(13)2/h11-13H,2,5-9H2,1,3-4H3. The van der Waals surface area contributed by atoms with Crippen molar-refractivity contribution in [2.75, 3.05) is 0 Å². The summed E-state index contributed by atoms with van der Waals surface area (Å²) in [6.07, 6.45) is 7.16. The first kappa shape index (κ1) is 9.93. The Morgan fingerprint density at radius 3 is 2.73 bits per heavy atom. The van der Waals surface area contributed by atoms with Crippen molar-refractivity contribution in [3.63, 3.8) is 0 Å². The van der Waals surface area contributed by atoms with Gasteiger partial charge in [-0.1, -0.05) is 39.3 Å². The molecule has 0 aromatic heterocycles. The van der Waals surface area contributed by atoms with Gasteiger partial charge in [0, 0.05) is 0 Å². The topological polar surface area (TPSA) is 0 Å². The third kappa shape index (κ3) is 0.946. The summed E-state index contributed by atoms with van der Waals surface area (Å²) >= 11 is 0. The van der Waals surface area contributed by atoms with Crippen LogP contribution < -0.4 is 0 Å². The van der Waals surface area contributed by atoms with Gasteiger partial charge in [0.1, 0.15) is 0 Å². The fourth-order valence-corrected chi connectivity index (χ4v) is 5.53. The molecule has 0 nitrogen and oxygen atoms in total. The normalized spacial score (nSPS) is 56.7. The fourth-order valence-electron chi connectivity index (χ4n) is 5.53. The van der Waals surface area contributed by atoms with Crippen molar-refractivity contribution in [3.05, 3.63) is 12.2 Å². The van der Waals surface area contributed by atoms with Crippen LogP contribution in [-0.2, 0) is 0 Å². The zero-order chi connectivity index (χ0) is 10.8. The van der Waals surface area contributed by atoms with Gasteiger partial charge in [-0.3, -0.25) is 0 Å². The van der Waals surface area contributed by atoms with Crippen LogP contribution in [0.1, 0.15) is 52.9 Å². The second-order valence-electron chi connectivity index (χ2n) is 6.72. The van der Waals surface area contributed by atoms with Crippen molar-refractivity contribution in [1.29, 1.82) is 0 Å². The SMILES string of the molecule is C=C1CC2CC1C(C)C21CC1(C)CCC. The Kier molecular flexibility index (Phi) is 1.79. The van der Waals surface area contributed by atoms with Gasteiger partial charge < -0.3 is 0 Å². The average molecular weight is 204 g/mol. The van der Waals surface area contributed by atoms with Crippen LogP contribution in [0.4, 0.5) is 0 Å². The molecule has 0 radical (unpaired) electrons. The van der Waals surface area contributed by atoms with Gasteiger partial charge in [0.25, 0.3) is 0 Å². The van der Waals surface area contributed by atoms with Crippen LogP contribution in [0.25, 0.3) is 0 Å². The van der Waals surface area contributed by atoms with Crippen LogP contribution in [0.2, 0.25) is 0 Å². The Labute approximate surface area is 94.1 Å². The van der Waals surface area contributed by atoms with E-state index in [1.807, 2.05) is 0 Å². The molecule has 0 aliphatic heterocycles. The highest BCUT2D eigenvalue weighted by atomic mass is 14.8. The number of allylic oxidation sites excluding steroid dienone is 1. The van der Waals surface area contributed by atoms with Crippen LogP contribution in [-0.4, -0.2) is 0 Å². The third-order valence-electron chi connectivity index (χ3n) is 6.20. The fraction of sp³-hybridized carbons (Fsp3) is 0.867. The molecule has 0 heterocycles. The summed E-state index contributed by atoms with van der Waals surface area (Å²) in [6.45, 7) is 11.7. The van der Waals surface area contributed by atoms with Gasteiger partial charge in [0.15, 0.2) is 0 Å². The molecule has 15 heavy (non-hydrogen) atoms. The van der Waals surface area contributed by atoms with Gasteiger partial charge in [0.2, 0.25) is 0 Å². The van der Waals surface area contributed by atoms with E-state index < -0.39 is 0 Å². The van der Waals surface area contributed by atoms with Gasteiger partial charge >= 0.3 is 0 Å². The lowest BCUT2D eigenvalue weighted by Crippen LogP contribution is -2.27. The highest BCUT2D eigenvalue weighted by molar-refractivity contribution is 5.30. The maximum Gasteiger partial charge on any atom is -0.0172 e. The Morgan fingerprint density at radius 1 is 1.47 bits per heavy atom. The van der Waals surface area contributed by atoms with E-state index in [2.05, 4.69) is 27.4 Å². The number of hydrogen-bond acceptors (Lipinski definition) is 0. The lowest BCUT2D eigenvalue weighted by molar-refractivity contribution is 0.179. The second kappa shape index (κ2) is 2.70. The molecule has 0 saturated heterocycles. The maximum absolute atomic E-state index is 4.27. The lowest BCUT2D eigenvalue weighted by atomic mass is 9.70. The summed E-state index contributed by atoms with van der Waals surface area (Å²) in [7, 11) is 0. The van der Waals surface area contributed by atoms with Crippen LogP contribution >= 0.6 is 0 Å². The minimum Gasteiger partial charge on any atom is -0.0996 e. The molecule has 0 N–H and O–H groups in total. The van der Waals surface area contributed by atoms with Crippen LogP contribution in [0.5, 0.6) is 0 Å². The van der Waals surface area contributed by atoms with Crippen molar-refractivity contribution >= 4 is 0 Å². The van der Waals surface area contributed by atoms with Crippen molar-refractivity contribution < 1.29 is 0 Å². The van der Waals surface area contributed by atoms with Gasteiger partial charge in [-0.25, -0.2) is 0 Å². The molecule has 1 spiro atoms. The molecule has 2 bridgehead atoms. The van der Waals surface area contributed by atoms with Crippen molar-refractivity contribution in [2.45, 2.75) is 52.9 Å². The molecule has 3 fully saturated rings. The highest BCUT2D eigenvalue weighted by Gasteiger charge is 2.74. The van der Waals surface area contributed by atoms with Crippen molar-refractivity contribution in [1.82, 2.24) is 0 Å². The number of fused-ring (bicyclic) bond motifs is 3. The summed E-state index contributed by atoms with van der Waals surface area (Å²) in [5, 5.41) is 0. The summed E-state index contributed by atoms with van der Waals surface area (Å²) in [5.74, 6) is 2.82. The summed E-state index contributed by atoms with van der Waals surface area (Å²) in [6, 6.07) is 0. The Morgan fingerprint density at radius 2 is 2.20 bits per heavy atom. The molecular formula is C15H24. The first-order chi connectivity index (χ1) is 7.05. The summed E-state index contributed by atoms with van der Waals surface area (Å²) in [4.78, 5) is 0. The van der Waals surface area contributed by atoms with Crippen molar-refractivity contribution in [3.8, 4) is 0 Å². The highest BCUT2D eigenvalue weighted by Crippen LogP contribution is 2.82. The lowest BCUT2D eigenvalue weighted by Gasteiger charge is -2.34. The average Bonchev–Trinajstić information content (AvgIpc) is 2.49. The monoisotopic (exact) mass is 204 g/mol. The second-order valence-corrected chi connectivity index (χ2v) is 6.72. The molecule has 0 aromatic rings. The van der Waals surface area contributed by atoms with Gasteiger partial charge in [-0.2, -0.15) is 0 Å². The zero-order valence-electron chi connectivity index (χ0n) is 10.5. The largest absolute Gasteiger partial charge is 0.0996 e. The Hall–Kier alpha value is -0.260. The first-order valence-corrected chi connectivity index (χ1v) is 6.73. The van der Waals surface area contributed by atoms with E-state index >= 15 is 0 Å². The third-order valence-corrected chi connectivity index (χ3v) is 6.20. The summed E-state index contributed by atoms with van der Waals surface area (Å²) < 4.78 is 0. The van der Waals surface area contributed by atoms with Crippen molar-refractivity contribution in [2.24, 2.45) is 28.6 Å². The van der Waals surface area contributed by atoms with Crippen LogP contribution in [0, 0.1) is 28.6 Å². The van der Waals surface area contributed by atoms with Gasteiger partial charge in [-0.15, -0.1) is 0 Å². The molecular weight excluding hydrogens is 180 g/mol. The molecule has 5 atom stereocenters. The van der Waals surface area contributed by atoms with E-state index in [0.717, 1.165) is 23.2 Å². The molecule has 3 aliphatic rings.